The van der Waals surface area contributed by atoms with E-state index >= 15 is 0 Å². The maximum atomic E-state index is 9.65. The zero-order valence-corrected chi connectivity index (χ0v) is 8.74. The summed E-state index contributed by atoms with van der Waals surface area (Å²) in [6.45, 7) is 3.36. The van der Waals surface area contributed by atoms with E-state index in [-0.39, 0.29) is 5.92 Å². The van der Waals surface area contributed by atoms with E-state index in [0.29, 0.717) is 6.04 Å². The van der Waals surface area contributed by atoms with Crippen LogP contribution in [0.4, 0.5) is 0 Å². The Labute approximate surface area is 85.3 Å². The van der Waals surface area contributed by atoms with Crippen LogP contribution in [0.1, 0.15) is 32.6 Å². The molecule has 0 bridgehead atoms. The topological polar surface area (TPSA) is 47.3 Å². The molecule has 1 N–H and O–H groups in total. The minimum absolute atomic E-state index is 0.194. The molecule has 1 aliphatic carbocycles. The van der Waals surface area contributed by atoms with Crippen molar-refractivity contribution in [2.45, 2.75) is 44.2 Å². The molecule has 2 rings (SSSR count). The zero-order valence-electron chi connectivity index (χ0n) is 8.74. The molecule has 3 nitrogen and oxygen atoms in total. The lowest BCUT2D eigenvalue weighted by Gasteiger charge is -2.50. The van der Waals surface area contributed by atoms with Crippen LogP contribution in [0.25, 0.3) is 0 Å². The smallest absolute Gasteiger partial charge is 0.0872 e. The first-order valence-corrected chi connectivity index (χ1v) is 5.48. The average Bonchev–Trinajstić information content (AvgIpc) is 2.14. The predicted octanol–water partition coefficient (Wildman–Crippen LogP) is 1.14. The number of β-amino-alcohol motifs (C(OH)–C–C–N with tert-alkyl or cyclic N) is 1. The number of nitriles is 1. The molecule has 0 amide bonds. The van der Waals surface area contributed by atoms with E-state index in [9.17, 15) is 5.11 Å². The number of likely N-dealkylation sites (tertiary alicyclic amines) is 1. The highest BCUT2D eigenvalue weighted by Gasteiger charge is 2.43. The van der Waals surface area contributed by atoms with Crippen LogP contribution < -0.4 is 0 Å². The largest absolute Gasteiger partial charge is 0.388 e. The standard InChI is InChI=1S/C11H18N2O/c1-11(14)7-13(8-11)10-5-3-2-4-9(10)6-12/h9-10,14H,2-5,7-8H2,1H3. The molecule has 2 fully saturated rings. The quantitative estimate of drug-likeness (QED) is 0.681. The summed E-state index contributed by atoms with van der Waals surface area (Å²) in [4.78, 5) is 2.27. The van der Waals surface area contributed by atoms with E-state index in [1.165, 1.54) is 12.8 Å². The molecule has 0 spiro atoms. The van der Waals surface area contributed by atoms with Gasteiger partial charge in [0.1, 0.15) is 0 Å². The Morgan fingerprint density at radius 2 is 2.00 bits per heavy atom. The first-order chi connectivity index (χ1) is 6.62. The molecule has 1 saturated carbocycles. The van der Waals surface area contributed by atoms with E-state index in [2.05, 4.69) is 11.0 Å². The van der Waals surface area contributed by atoms with Gasteiger partial charge in [-0.2, -0.15) is 5.26 Å². The summed E-state index contributed by atoms with van der Waals surface area (Å²) in [5, 5.41) is 18.7. The van der Waals surface area contributed by atoms with E-state index in [0.717, 1.165) is 25.9 Å². The maximum Gasteiger partial charge on any atom is 0.0872 e. The van der Waals surface area contributed by atoms with Crippen molar-refractivity contribution in [1.82, 2.24) is 4.90 Å². The van der Waals surface area contributed by atoms with Crippen LogP contribution in [0.5, 0.6) is 0 Å². The minimum atomic E-state index is -0.503. The number of rotatable bonds is 1. The molecule has 2 atom stereocenters. The van der Waals surface area contributed by atoms with Crippen LogP contribution in [0.15, 0.2) is 0 Å². The van der Waals surface area contributed by atoms with Crippen molar-refractivity contribution in [3.05, 3.63) is 0 Å². The van der Waals surface area contributed by atoms with Gasteiger partial charge < -0.3 is 5.11 Å². The minimum Gasteiger partial charge on any atom is -0.388 e. The molecule has 0 aromatic carbocycles. The summed E-state index contributed by atoms with van der Waals surface area (Å²) in [7, 11) is 0. The molecule has 2 unspecified atom stereocenters. The van der Waals surface area contributed by atoms with Gasteiger partial charge >= 0.3 is 0 Å². The monoisotopic (exact) mass is 194 g/mol. The Morgan fingerprint density at radius 1 is 1.36 bits per heavy atom. The fourth-order valence-corrected chi connectivity index (χ4v) is 2.76. The maximum absolute atomic E-state index is 9.65. The molecule has 14 heavy (non-hydrogen) atoms. The molecule has 1 saturated heterocycles. The van der Waals surface area contributed by atoms with E-state index < -0.39 is 5.60 Å². The molecular weight excluding hydrogens is 176 g/mol. The lowest BCUT2D eigenvalue weighted by atomic mass is 9.81. The molecule has 78 valence electrons. The van der Waals surface area contributed by atoms with E-state index in [1.54, 1.807) is 0 Å². The third-order valence-corrected chi connectivity index (χ3v) is 3.45. The molecule has 1 aliphatic heterocycles. The second kappa shape index (κ2) is 3.52. The third-order valence-electron chi connectivity index (χ3n) is 3.45. The molecule has 0 aromatic rings. The van der Waals surface area contributed by atoms with Gasteiger partial charge in [0, 0.05) is 19.1 Å². The number of nitrogens with zero attached hydrogens (tertiary/aromatic N) is 2. The molecule has 0 radical (unpaired) electrons. The van der Waals surface area contributed by atoms with Crippen LogP contribution in [0.3, 0.4) is 0 Å². The summed E-state index contributed by atoms with van der Waals surface area (Å²) in [6.07, 6.45) is 4.61. The van der Waals surface area contributed by atoms with Crippen LogP contribution in [0, 0.1) is 17.2 Å². The molecule has 3 heteroatoms. The van der Waals surface area contributed by atoms with Crippen LogP contribution in [-0.2, 0) is 0 Å². The van der Waals surface area contributed by atoms with Gasteiger partial charge in [-0.05, 0) is 19.8 Å². The second-order valence-corrected chi connectivity index (χ2v) is 4.99. The first-order valence-electron chi connectivity index (χ1n) is 5.48. The highest BCUT2D eigenvalue weighted by molar-refractivity contribution is 5.02. The van der Waals surface area contributed by atoms with Crippen molar-refractivity contribution in [2.75, 3.05) is 13.1 Å². The van der Waals surface area contributed by atoms with Crippen LogP contribution in [0.2, 0.25) is 0 Å². The van der Waals surface area contributed by atoms with Crippen LogP contribution in [-0.4, -0.2) is 34.7 Å². The van der Waals surface area contributed by atoms with Crippen molar-refractivity contribution in [3.8, 4) is 6.07 Å². The number of hydrogen-bond acceptors (Lipinski definition) is 3. The molecule has 0 aromatic heterocycles. The van der Waals surface area contributed by atoms with Gasteiger partial charge in [-0.25, -0.2) is 0 Å². The van der Waals surface area contributed by atoms with Crippen molar-refractivity contribution in [1.29, 1.82) is 5.26 Å². The fraction of sp³-hybridized carbons (Fsp3) is 0.909. The summed E-state index contributed by atoms with van der Waals surface area (Å²) in [5.41, 5.74) is -0.503. The van der Waals surface area contributed by atoms with Gasteiger partial charge in [0.25, 0.3) is 0 Å². The SMILES string of the molecule is CC1(O)CN(C2CCCCC2C#N)C1. The lowest BCUT2D eigenvalue weighted by molar-refractivity contribution is -0.112. The van der Waals surface area contributed by atoms with E-state index in [1.807, 2.05) is 6.92 Å². The first kappa shape index (κ1) is 9.95. The van der Waals surface area contributed by atoms with Gasteiger partial charge in [0.05, 0.1) is 17.6 Å². The number of aliphatic hydroxyl groups is 1. The van der Waals surface area contributed by atoms with Crippen molar-refractivity contribution in [3.63, 3.8) is 0 Å². The van der Waals surface area contributed by atoms with Gasteiger partial charge in [0.15, 0.2) is 0 Å². The summed E-state index contributed by atoms with van der Waals surface area (Å²) >= 11 is 0. The van der Waals surface area contributed by atoms with Gasteiger partial charge in [-0.3, -0.25) is 4.90 Å². The summed E-state index contributed by atoms with van der Waals surface area (Å²) in [5.74, 6) is 0.194. The lowest BCUT2D eigenvalue weighted by Crippen LogP contribution is -2.64. The highest BCUT2D eigenvalue weighted by Crippen LogP contribution is 2.33. The Morgan fingerprint density at radius 3 is 2.57 bits per heavy atom. The molecule has 1 heterocycles. The van der Waals surface area contributed by atoms with Gasteiger partial charge in [-0.1, -0.05) is 12.8 Å². The van der Waals surface area contributed by atoms with Gasteiger partial charge in [-0.15, -0.1) is 0 Å². The normalized spacial score (nSPS) is 37.2. The molecular formula is C11H18N2O. The fourth-order valence-electron chi connectivity index (χ4n) is 2.76. The Balaban J connectivity index is 1.94. The van der Waals surface area contributed by atoms with Crippen molar-refractivity contribution >= 4 is 0 Å². The summed E-state index contributed by atoms with van der Waals surface area (Å²) < 4.78 is 0. The third kappa shape index (κ3) is 1.77. The second-order valence-electron chi connectivity index (χ2n) is 4.99. The Kier molecular flexibility index (Phi) is 2.50. The van der Waals surface area contributed by atoms with Gasteiger partial charge in [0.2, 0.25) is 0 Å². The summed E-state index contributed by atoms with van der Waals surface area (Å²) in [6, 6.07) is 2.82. The molecule has 2 aliphatic rings. The Hall–Kier alpha value is -0.590. The number of hydrogen-bond donors (Lipinski definition) is 1. The predicted molar refractivity (Wildman–Crippen MR) is 53.6 cm³/mol. The van der Waals surface area contributed by atoms with E-state index in [4.69, 9.17) is 5.26 Å². The van der Waals surface area contributed by atoms with Crippen molar-refractivity contribution in [2.24, 2.45) is 5.92 Å². The van der Waals surface area contributed by atoms with Crippen LogP contribution >= 0.6 is 0 Å². The Bertz CT molecular complexity index is 249. The highest BCUT2D eigenvalue weighted by atomic mass is 16.3. The van der Waals surface area contributed by atoms with Crippen molar-refractivity contribution < 1.29 is 5.11 Å². The average molecular weight is 194 g/mol. The zero-order chi connectivity index (χ0) is 10.2.